The van der Waals surface area contributed by atoms with Crippen LogP contribution in [-0.4, -0.2) is 41.8 Å². The number of aliphatic hydroxyl groups excluding tert-OH is 1. The molecule has 0 aromatic heterocycles. The molecule has 0 unspecified atom stereocenters. The van der Waals surface area contributed by atoms with Gasteiger partial charge < -0.3 is 15.3 Å². The van der Waals surface area contributed by atoms with E-state index < -0.39 is 6.10 Å². The van der Waals surface area contributed by atoms with E-state index in [4.69, 9.17) is 5.11 Å². The number of nitrogens with one attached hydrogen (secondary N) is 1. The molecule has 0 bridgehead atoms. The summed E-state index contributed by atoms with van der Waals surface area (Å²) in [6.07, 6.45) is 2.96. The van der Waals surface area contributed by atoms with Crippen molar-refractivity contribution in [3.8, 4) is 0 Å². The number of aliphatic hydroxyl groups is 1. The van der Waals surface area contributed by atoms with Gasteiger partial charge in [-0.2, -0.15) is 0 Å². The van der Waals surface area contributed by atoms with Gasteiger partial charge in [0.2, 0.25) is 0 Å². The Morgan fingerprint density at radius 3 is 2.62 bits per heavy atom. The van der Waals surface area contributed by atoms with E-state index in [1.807, 2.05) is 4.90 Å². The summed E-state index contributed by atoms with van der Waals surface area (Å²) in [6, 6.07) is -0.0411. The van der Waals surface area contributed by atoms with Crippen molar-refractivity contribution >= 4 is 6.03 Å². The summed E-state index contributed by atoms with van der Waals surface area (Å²) < 4.78 is 0. The van der Waals surface area contributed by atoms with E-state index in [0.29, 0.717) is 6.54 Å². The van der Waals surface area contributed by atoms with E-state index in [2.05, 4.69) is 5.32 Å². The number of urea groups is 1. The second-order valence-electron chi connectivity index (χ2n) is 3.58. The molecule has 1 aliphatic rings. The summed E-state index contributed by atoms with van der Waals surface area (Å²) in [5.74, 6) is 0. The fourth-order valence-corrected chi connectivity index (χ4v) is 1.44. The fourth-order valence-electron chi connectivity index (χ4n) is 1.44. The van der Waals surface area contributed by atoms with Crippen molar-refractivity contribution in [2.24, 2.45) is 0 Å². The van der Waals surface area contributed by atoms with Crippen LogP contribution in [0.1, 0.15) is 26.2 Å². The van der Waals surface area contributed by atoms with Gasteiger partial charge in [-0.15, -0.1) is 0 Å². The number of piperidine rings is 1. The Morgan fingerprint density at radius 2 is 2.08 bits per heavy atom. The third-order valence-corrected chi connectivity index (χ3v) is 2.19. The zero-order valence-corrected chi connectivity index (χ0v) is 8.12. The lowest BCUT2D eigenvalue weighted by molar-refractivity contribution is 0.165. The van der Waals surface area contributed by atoms with Gasteiger partial charge in [-0.3, -0.25) is 0 Å². The quantitative estimate of drug-likeness (QED) is 0.662. The minimum Gasteiger partial charge on any atom is -0.392 e. The van der Waals surface area contributed by atoms with Gasteiger partial charge >= 0.3 is 6.03 Å². The first-order valence-corrected chi connectivity index (χ1v) is 4.91. The summed E-state index contributed by atoms with van der Waals surface area (Å²) in [6.45, 7) is 3.71. The van der Waals surface area contributed by atoms with Crippen LogP contribution < -0.4 is 5.32 Å². The van der Waals surface area contributed by atoms with E-state index >= 15 is 0 Å². The van der Waals surface area contributed by atoms with Crippen molar-refractivity contribution in [3.05, 3.63) is 0 Å². The molecule has 1 fully saturated rings. The molecule has 0 radical (unpaired) electrons. The first-order chi connectivity index (χ1) is 6.20. The van der Waals surface area contributed by atoms with Crippen molar-refractivity contribution in [1.29, 1.82) is 0 Å². The highest BCUT2D eigenvalue weighted by atomic mass is 16.3. The molecule has 4 nitrogen and oxygen atoms in total. The number of carbonyl (C=O) groups excluding carboxylic acids is 1. The maximum absolute atomic E-state index is 11.4. The molecule has 13 heavy (non-hydrogen) atoms. The second kappa shape index (κ2) is 5.07. The minimum absolute atomic E-state index is 0.0411. The van der Waals surface area contributed by atoms with Crippen LogP contribution in [-0.2, 0) is 0 Å². The van der Waals surface area contributed by atoms with E-state index in [-0.39, 0.29) is 6.03 Å². The predicted octanol–water partition coefficient (Wildman–Crippen LogP) is 0.563. The Morgan fingerprint density at radius 1 is 1.46 bits per heavy atom. The van der Waals surface area contributed by atoms with Crippen molar-refractivity contribution in [1.82, 2.24) is 10.2 Å². The number of carbonyl (C=O) groups is 1. The molecule has 2 amide bonds. The standard InChI is InChI=1S/C9H18N2O2/c1-8(12)7-10-9(13)11-5-3-2-4-6-11/h8,12H,2-7H2,1H3,(H,10,13)/t8-/m1/s1. The van der Waals surface area contributed by atoms with Crippen molar-refractivity contribution in [3.63, 3.8) is 0 Å². The molecule has 1 aliphatic heterocycles. The van der Waals surface area contributed by atoms with E-state index in [1.165, 1.54) is 6.42 Å². The normalized spacial score (nSPS) is 19.7. The fraction of sp³-hybridized carbons (Fsp3) is 0.889. The third kappa shape index (κ3) is 3.63. The van der Waals surface area contributed by atoms with Crippen LogP contribution in [0, 0.1) is 0 Å². The van der Waals surface area contributed by atoms with Gasteiger partial charge in [-0.25, -0.2) is 4.79 Å². The Kier molecular flexibility index (Phi) is 4.02. The molecule has 0 aliphatic carbocycles. The molecule has 2 N–H and O–H groups in total. The zero-order chi connectivity index (χ0) is 9.68. The van der Waals surface area contributed by atoms with Crippen LogP contribution in [0.15, 0.2) is 0 Å². The Hall–Kier alpha value is -0.770. The van der Waals surface area contributed by atoms with Gasteiger partial charge in [0.25, 0.3) is 0 Å². The number of likely N-dealkylation sites (tertiary alicyclic amines) is 1. The summed E-state index contributed by atoms with van der Waals surface area (Å²) in [5, 5.41) is 11.7. The highest BCUT2D eigenvalue weighted by molar-refractivity contribution is 5.74. The van der Waals surface area contributed by atoms with Crippen molar-refractivity contribution in [2.75, 3.05) is 19.6 Å². The first kappa shape index (κ1) is 10.3. The molecule has 0 spiro atoms. The van der Waals surface area contributed by atoms with Crippen LogP contribution in [0.25, 0.3) is 0 Å². The SMILES string of the molecule is C[C@@H](O)CNC(=O)N1CCCCC1. The molecule has 4 heteroatoms. The zero-order valence-electron chi connectivity index (χ0n) is 8.12. The maximum Gasteiger partial charge on any atom is 0.317 e. The lowest BCUT2D eigenvalue weighted by Gasteiger charge is -2.27. The molecule has 1 saturated heterocycles. The van der Waals surface area contributed by atoms with Crippen molar-refractivity contribution < 1.29 is 9.90 Å². The molecule has 0 aromatic rings. The molecule has 1 rings (SSSR count). The summed E-state index contributed by atoms with van der Waals surface area (Å²) in [4.78, 5) is 13.2. The summed E-state index contributed by atoms with van der Waals surface area (Å²) in [5.41, 5.74) is 0. The Bertz CT molecular complexity index is 165. The molecule has 1 atom stereocenters. The molecular formula is C9H18N2O2. The van der Waals surface area contributed by atoms with Gasteiger partial charge in [-0.1, -0.05) is 0 Å². The highest BCUT2D eigenvalue weighted by Gasteiger charge is 2.15. The third-order valence-electron chi connectivity index (χ3n) is 2.19. The van der Waals surface area contributed by atoms with Gasteiger partial charge in [0.15, 0.2) is 0 Å². The van der Waals surface area contributed by atoms with Gasteiger partial charge in [-0.05, 0) is 26.2 Å². The lowest BCUT2D eigenvalue weighted by Crippen LogP contribution is -2.44. The maximum atomic E-state index is 11.4. The van der Waals surface area contributed by atoms with E-state index in [1.54, 1.807) is 6.92 Å². The highest BCUT2D eigenvalue weighted by Crippen LogP contribution is 2.08. The van der Waals surface area contributed by atoms with Crippen LogP contribution in [0.3, 0.4) is 0 Å². The number of hydrogen-bond acceptors (Lipinski definition) is 2. The minimum atomic E-state index is -0.464. The predicted molar refractivity (Wildman–Crippen MR) is 50.5 cm³/mol. The van der Waals surface area contributed by atoms with Crippen molar-refractivity contribution in [2.45, 2.75) is 32.3 Å². The van der Waals surface area contributed by atoms with Gasteiger partial charge in [0, 0.05) is 19.6 Å². The second-order valence-corrected chi connectivity index (χ2v) is 3.58. The first-order valence-electron chi connectivity index (χ1n) is 4.91. The van der Waals surface area contributed by atoms with E-state index in [9.17, 15) is 4.79 Å². The number of amides is 2. The number of hydrogen-bond donors (Lipinski definition) is 2. The molecule has 76 valence electrons. The summed E-state index contributed by atoms with van der Waals surface area (Å²) in [7, 11) is 0. The van der Waals surface area contributed by atoms with Crippen LogP contribution >= 0.6 is 0 Å². The Balaban J connectivity index is 2.21. The summed E-state index contributed by atoms with van der Waals surface area (Å²) >= 11 is 0. The number of nitrogens with zero attached hydrogens (tertiary/aromatic N) is 1. The molecule has 0 saturated carbocycles. The Labute approximate surface area is 78.9 Å². The van der Waals surface area contributed by atoms with Crippen LogP contribution in [0.2, 0.25) is 0 Å². The van der Waals surface area contributed by atoms with Crippen LogP contribution in [0.4, 0.5) is 4.79 Å². The van der Waals surface area contributed by atoms with Gasteiger partial charge in [0.1, 0.15) is 0 Å². The molecule has 1 heterocycles. The average Bonchev–Trinajstić information content (AvgIpc) is 2.15. The van der Waals surface area contributed by atoms with Gasteiger partial charge in [0.05, 0.1) is 6.10 Å². The number of rotatable bonds is 2. The van der Waals surface area contributed by atoms with Crippen LogP contribution in [0.5, 0.6) is 0 Å². The molecular weight excluding hydrogens is 168 g/mol. The topological polar surface area (TPSA) is 52.6 Å². The smallest absolute Gasteiger partial charge is 0.317 e. The average molecular weight is 186 g/mol. The lowest BCUT2D eigenvalue weighted by atomic mass is 10.1. The molecule has 0 aromatic carbocycles. The monoisotopic (exact) mass is 186 g/mol. The largest absolute Gasteiger partial charge is 0.392 e. The van der Waals surface area contributed by atoms with E-state index in [0.717, 1.165) is 25.9 Å².